The lowest BCUT2D eigenvalue weighted by molar-refractivity contribution is -0.119. The predicted molar refractivity (Wildman–Crippen MR) is 66.0 cm³/mol. The number of carbonyl (C=O) groups excluding carboxylic acids is 2. The summed E-state index contributed by atoms with van der Waals surface area (Å²) < 4.78 is 0. The van der Waals surface area contributed by atoms with E-state index in [9.17, 15) is 9.59 Å². The first kappa shape index (κ1) is 11.8. The summed E-state index contributed by atoms with van der Waals surface area (Å²) in [5.41, 5.74) is 2.78. The number of benzene rings is 1. The Balaban J connectivity index is 2.49. The number of carbonyl (C=O) groups is 2. The summed E-state index contributed by atoms with van der Waals surface area (Å²) in [4.78, 5) is 23.5. The number of nitrogens with one attached hydrogen (secondary N) is 1. The zero-order valence-electron chi connectivity index (χ0n) is 10.2. The molecular weight excluding hydrogens is 214 g/mol. The van der Waals surface area contributed by atoms with Crippen molar-refractivity contribution in [1.29, 1.82) is 0 Å². The van der Waals surface area contributed by atoms with Crippen molar-refractivity contribution in [3.63, 3.8) is 0 Å². The van der Waals surface area contributed by atoms with Crippen molar-refractivity contribution < 1.29 is 9.59 Å². The average Bonchev–Trinajstić information content (AvgIpc) is 2.43. The standard InChI is InChI=1S/C14H17NO2/c1-9-6-11(16)8-10-4-3-5-12(13(10)7-9)14(17)15-2/h3-5,9H,6-8H2,1-2H3,(H,15,17)/t9-/m1/s1. The second-order valence-corrected chi connectivity index (χ2v) is 4.75. The lowest BCUT2D eigenvalue weighted by Gasteiger charge is -2.12. The maximum absolute atomic E-state index is 11.8. The van der Waals surface area contributed by atoms with Gasteiger partial charge in [-0.2, -0.15) is 0 Å². The monoisotopic (exact) mass is 231 g/mol. The van der Waals surface area contributed by atoms with Gasteiger partial charge in [-0.25, -0.2) is 0 Å². The van der Waals surface area contributed by atoms with Crippen molar-refractivity contribution in [3.05, 3.63) is 34.9 Å². The highest BCUT2D eigenvalue weighted by Gasteiger charge is 2.22. The van der Waals surface area contributed by atoms with E-state index in [0.717, 1.165) is 17.5 Å². The molecule has 0 fully saturated rings. The molecule has 90 valence electrons. The minimum atomic E-state index is -0.0663. The van der Waals surface area contributed by atoms with Crippen LogP contribution in [0.5, 0.6) is 0 Å². The zero-order chi connectivity index (χ0) is 12.4. The number of fused-ring (bicyclic) bond motifs is 1. The number of rotatable bonds is 1. The molecule has 1 atom stereocenters. The molecular formula is C14H17NO2. The maximum Gasteiger partial charge on any atom is 0.251 e. The largest absolute Gasteiger partial charge is 0.355 e. The maximum atomic E-state index is 11.8. The molecule has 1 aromatic rings. The Hall–Kier alpha value is -1.64. The van der Waals surface area contributed by atoms with E-state index in [1.165, 1.54) is 0 Å². The van der Waals surface area contributed by atoms with E-state index in [0.29, 0.717) is 24.3 Å². The Morgan fingerprint density at radius 3 is 2.82 bits per heavy atom. The van der Waals surface area contributed by atoms with E-state index in [-0.39, 0.29) is 11.7 Å². The summed E-state index contributed by atoms with van der Waals surface area (Å²) in [5.74, 6) is 0.517. The van der Waals surface area contributed by atoms with E-state index in [4.69, 9.17) is 0 Å². The second kappa shape index (κ2) is 4.70. The Bertz CT molecular complexity index is 465. The van der Waals surface area contributed by atoms with Crippen LogP contribution in [-0.2, 0) is 17.6 Å². The van der Waals surface area contributed by atoms with E-state index < -0.39 is 0 Å². The van der Waals surface area contributed by atoms with Gasteiger partial charge >= 0.3 is 0 Å². The molecule has 0 radical (unpaired) electrons. The smallest absolute Gasteiger partial charge is 0.251 e. The van der Waals surface area contributed by atoms with Crippen molar-refractivity contribution in [2.45, 2.75) is 26.2 Å². The van der Waals surface area contributed by atoms with Gasteiger partial charge < -0.3 is 5.32 Å². The van der Waals surface area contributed by atoms with Gasteiger partial charge in [0.25, 0.3) is 5.91 Å². The summed E-state index contributed by atoms with van der Waals surface area (Å²) in [6.07, 6.45) is 1.89. The number of Topliss-reactive ketones (excluding diaryl/α,β-unsaturated/α-hetero) is 1. The van der Waals surface area contributed by atoms with Crippen LogP contribution in [-0.4, -0.2) is 18.7 Å². The molecule has 1 amide bonds. The number of ketones is 1. The molecule has 1 aliphatic carbocycles. The topological polar surface area (TPSA) is 46.2 Å². The second-order valence-electron chi connectivity index (χ2n) is 4.75. The molecule has 3 nitrogen and oxygen atoms in total. The summed E-state index contributed by atoms with van der Waals surface area (Å²) in [6, 6.07) is 5.64. The molecule has 17 heavy (non-hydrogen) atoms. The molecule has 3 heteroatoms. The molecule has 0 unspecified atom stereocenters. The number of amides is 1. The van der Waals surface area contributed by atoms with E-state index in [1.807, 2.05) is 18.2 Å². The van der Waals surface area contributed by atoms with Gasteiger partial charge in [-0.1, -0.05) is 19.1 Å². The molecule has 0 spiro atoms. The highest BCUT2D eigenvalue weighted by Crippen LogP contribution is 2.25. The molecule has 0 saturated heterocycles. The summed E-state index contributed by atoms with van der Waals surface area (Å²) in [7, 11) is 1.63. The van der Waals surface area contributed by atoms with Crippen LogP contribution in [0.4, 0.5) is 0 Å². The van der Waals surface area contributed by atoms with Crippen LogP contribution >= 0.6 is 0 Å². The highest BCUT2D eigenvalue weighted by molar-refractivity contribution is 5.96. The van der Waals surface area contributed by atoms with Crippen molar-refractivity contribution >= 4 is 11.7 Å². The van der Waals surface area contributed by atoms with E-state index in [2.05, 4.69) is 12.2 Å². The molecule has 0 saturated carbocycles. The molecule has 0 aromatic heterocycles. The molecule has 1 N–H and O–H groups in total. The third kappa shape index (κ3) is 2.38. The highest BCUT2D eigenvalue weighted by atomic mass is 16.1. The van der Waals surface area contributed by atoms with Crippen molar-refractivity contribution in [2.24, 2.45) is 5.92 Å². The fourth-order valence-corrected chi connectivity index (χ4v) is 2.48. The molecule has 1 aliphatic rings. The van der Waals surface area contributed by atoms with Gasteiger partial charge in [0.05, 0.1) is 0 Å². The third-order valence-electron chi connectivity index (χ3n) is 3.26. The Kier molecular flexibility index (Phi) is 3.27. The van der Waals surface area contributed by atoms with Gasteiger partial charge in [-0.05, 0) is 29.5 Å². The Morgan fingerprint density at radius 1 is 1.35 bits per heavy atom. The first-order valence-corrected chi connectivity index (χ1v) is 5.96. The van der Waals surface area contributed by atoms with Crippen LogP contribution in [0.15, 0.2) is 18.2 Å². The minimum absolute atomic E-state index is 0.0663. The minimum Gasteiger partial charge on any atom is -0.355 e. The summed E-state index contributed by atoms with van der Waals surface area (Å²) >= 11 is 0. The van der Waals surface area contributed by atoms with Crippen LogP contribution in [0, 0.1) is 5.92 Å². The molecule has 0 heterocycles. The molecule has 0 aliphatic heterocycles. The summed E-state index contributed by atoms with van der Waals surface area (Å²) in [5, 5.41) is 2.65. The number of hydrogen-bond donors (Lipinski definition) is 1. The zero-order valence-corrected chi connectivity index (χ0v) is 10.2. The van der Waals surface area contributed by atoms with Crippen molar-refractivity contribution in [3.8, 4) is 0 Å². The van der Waals surface area contributed by atoms with Gasteiger partial charge in [-0.15, -0.1) is 0 Å². The predicted octanol–water partition coefficient (Wildman–Crippen LogP) is 1.74. The Labute approximate surface area is 101 Å². The van der Waals surface area contributed by atoms with Crippen LogP contribution in [0.25, 0.3) is 0 Å². The van der Waals surface area contributed by atoms with Crippen LogP contribution < -0.4 is 5.32 Å². The molecule has 1 aromatic carbocycles. The van der Waals surface area contributed by atoms with Crippen LogP contribution in [0.1, 0.15) is 34.8 Å². The first-order valence-electron chi connectivity index (χ1n) is 5.96. The normalized spacial score (nSPS) is 19.4. The first-order chi connectivity index (χ1) is 8.11. The fourth-order valence-electron chi connectivity index (χ4n) is 2.48. The number of hydrogen-bond acceptors (Lipinski definition) is 2. The van der Waals surface area contributed by atoms with Gasteiger partial charge in [0.15, 0.2) is 0 Å². The van der Waals surface area contributed by atoms with Gasteiger partial charge in [0, 0.05) is 25.5 Å². The fraction of sp³-hybridized carbons (Fsp3) is 0.429. The lowest BCUT2D eigenvalue weighted by atomic mass is 9.93. The van der Waals surface area contributed by atoms with E-state index in [1.54, 1.807) is 7.05 Å². The quantitative estimate of drug-likeness (QED) is 0.748. The summed E-state index contributed by atoms with van der Waals surface area (Å²) in [6.45, 7) is 2.06. The van der Waals surface area contributed by atoms with Gasteiger partial charge in [0.2, 0.25) is 0 Å². The van der Waals surface area contributed by atoms with Crippen molar-refractivity contribution in [2.75, 3.05) is 7.05 Å². The van der Waals surface area contributed by atoms with E-state index >= 15 is 0 Å². The van der Waals surface area contributed by atoms with Crippen LogP contribution in [0.3, 0.4) is 0 Å². The van der Waals surface area contributed by atoms with Gasteiger partial charge in [-0.3, -0.25) is 9.59 Å². The third-order valence-corrected chi connectivity index (χ3v) is 3.26. The molecule has 2 rings (SSSR count). The Morgan fingerprint density at radius 2 is 2.12 bits per heavy atom. The lowest BCUT2D eigenvalue weighted by Crippen LogP contribution is -2.20. The molecule has 0 bridgehead atoms. The van der Waals surface area contributed by atoms with Crippen molar-refractivity contribution in [1.82, 2.24) is 5.32 Å². The average molecular weight is 231 g/mol. The SMILES string of the molecule is CNC(=O)c1cccc2c1C[C@H](C)CC(=O)C2. The van der Waals surface area contributed by atoms with Gasteiger partial charge in [0.1, 0.15) is 5.78 Å². The van der Waals surface area contributed by atoms with Crippen LogP contribution in [0.2, 0.25) is 0 Å².